The van der Waals surface area contributed by atoms with Crippen LogP contribution in [-0.4, -0.2) is 43.3 Å². The molecule has 1 fully saturated rings. The molecule has 1 aliphatic heterocycles. The fraction of sp³-hybridized carbons (Fsp3) is 0.333. The average Bonchev–Trinajstić information content (AvgIpc) is 3.08. The van der Waals surface area contributed by atoms with Crippen molar-refractivity contribution in [1.82, 2.24) is 4.90 Å². The van der Waals surface area contributed by atoms with Gasteiger partial charge in [0.15, 0.2) is 0 Å². The summed E-state index contributed by atoms with van der Waals surface area (Å²) in [4.78, 5) is 25.7. The molecule has 0 spiro atoms. The molecule has 1 saturated heterocycles. The highest BCUT2D eigenvalue weighted by atomic mass is 16.6. The second kappa shape index (κ2) is 10.5. The quantitative estimate of drug-likeness (QED) is 0.477. The summed E-state index contributed by atoms with van der Waals surface area (Å²) in [6.45, 7) is 0.945. The standard InChI is InChI=1S/C24H27NO4/c1-28-23(26)14-8-13-21(15-19-9-4-2-5-10-19)17-25-22(18-29-24(25)27)16-20-11-6-3-7-12-20/h2-13,21-22H,14-18H2,1H3/b13-8+. The van der Waals surface area contributed by atoms with E-state index in [4.69, 9.17) is 9.47 Å². The van der Waals surface area contributed by atoms with E-state index in [1.54, 1.807) is 0 Å². The number of cyclic esters (lactones) is 1. The summed E-state index contributed by atoms with van der Waals surface area (Å²) >= 11 is 0. The van der Waals surface area contributed by atoms with Gasteiger partial charge in [0.2, 0.25) is 0 Å². The van der Waals surface area contributed by atoms with Crippen LogP contribution >= 0.6 is 0 Å². The van der Waals surface area contributed by atoms with E-state index in [0.29, 0.717) is 13.2 Å². The molecule has 0 aromatic heterocycles. The number of ether oxygens (including phenoxy) is 2. The van der Waals surface area contributed by atoms with Crippen LogP contribution in [0, 0.1) is 5.92 Å². The van der Waals surface area contributed by atoms with Gasteiger partial charge in [0, 0.05) is 6.54 Å². The minimum atomic E-state index is -0.276. The molecule has 0 aliphatic carbocycles. The molecule has 1 aliphatic rings. The van der Waals surface area contributed by atoms with Crippen molar-refractivity contribution in [2.45, 2.75) is 25.3 Å². The Hall–Kier alpha value is -3.08. The maximum atomic E-state index is 12.4. The highest BCUT2D eigenvalue weighted by Crippen LogP contribution is 2.21. The molecule has 2 aromatic rings. The van der Waals surface area contributed by atoms with E-state index in [0.717, 1.165) is 12.8 Å². The third-order valence-electron chi connectivity index (χ3n) is 5.08. The van der Waals surface area contributed by atoms with Crippen molar-refractivity contribution in [2.24, 2.45) is 5.92 Å². The Kier molecular flexibility index (Phi) is 7.45. The molecule has 5 nitrogen and oxygen atoms in total. The molecule has 2 atom stereocenters. The molecular formula is C24H27NO4. The van der Waals surface area contributed by atoms with Crippen LogP contribution in [0.25, 0.3) is 0 Å². The molecule has 29 heavy (non-hydrogen) atoms. The van der Waals surface area contributed by atoms with Crippen LogP contribution in [0.5, 0.6) is 0 Å². The van der Waals surface area contributed by atoms with Crippen molar-refractivity contribution in [3.63, 3.8) is 0 Å². The summed E-state index contributed by atoms with van der Waals surface area (Å²) in [6, 6.07) is 20.3. The lowest BCUT2D eigenvalue weighted by molar-refractivity contribution is -0.139. The number of amides is 1. The number of esters is 1. The first-order chi connectivity index (χ1) is 14.2. The molecule has 152 valence electrons. The first kappa shape index (κ1) is 20.6. The fourth-order valence-electron chi connectivity index (χ4n) is 3.57. The van der Waals surface area contributed by atoms with Gasteiger partial charge in [-0.25, -0.2) is 4.79 Å². The molecule has 2 unspecified atom stereocenters. The number of benzene rings is 2. The number of carbonyl (C=O) groups excluding carboxylic acids is 2. The molecule has 0 N–H and O–H groups in total. The van der Waals surface area contributed by atoms with Crippen LogP contribution in [-0.2, 0) is 27.1 Å². The van der Waals surface area contributed by atoms with Gasteiger partial charge in [0.25, 0.3) is 0 Å². The highest BCUT2D eigenvalue weighted by molar-refractivity contribution is 5.71. The number of nitrogens with zero attached hydrogens (tertiary/aromatic N) is 1. The van der Waals surface area contributed by atoms with Crippen molar-refractivity contribution in [1.29, 1.82) is 0 Å². The van der Waals surface area contributed by atoms with Crippen LogP contribution in [0.15, 0.2) is 72.8 Å². The minimum absolute atomic E-state index is 0.0113. The van der Waals surface area contributed by atoms with Crippen LogP contribution in [0.3, 0.4) is 0 Å². The molecule has 1 amide bonds. The van der Waals surface area contributed by atoms with E-state index in [-0.39, 0.29) is 30.4 Å². The van der Waals surface area contributed by atoms with Crippen molar-refractivity contribution in [3.05, 3.63) is 83.9 Å². The molecule has 0 saturated carbocycles. The number of hydrogen-bond donors (Lipinski definition) is 0. The number of methoxy groups -OCH3 is 1. The first-order valence-corrected chi connectivity index (χ1v) is 9.90. The lowest BCUT2D eigenvalue weighted by atomic mass is 9.96. The average molecular weight is 393 g/mol. The van der Waals surface area contributed by atoms with Gasteiger partial charge in [-0.2, -0.15) is 0 Å². The molecular weight excluding hydrogens is 366 g/mol. The Morgan fingerprint density at radius 3 is 2.45 bits per heavy atom. The fourth-order valence-corrected chi connectivity index (χ4v) is 3.57. The van der Waals surface area contributed by atoms with Crippen molar-refractivity contribution < 1.29 is 19.1 Å². The predicted octanol–water partition coefficient (Wildman–Crippen LogP) is 4.03. The summed E-state index contributed by atoms with van der Waals surface area (Å²) in [5, 5.41) is 0. The monoisotopic (exact) mass is 393 g/mol. The predicted molar refractivity (Wildman–Crippen MR) is 111 cm³/mol. The van der Waals surface area contributed by atoms with Crippen molar-refractivity contribution in [3.8, 4) is 0 Å². The van der Waals surface area contributed by atoms with E-state index < -0.39 is 0 Å². The van der Waals surface area contributed by atoms with Crippen LogP contribution in [0.1, 0.15) is 17.5 Å². The number of carbonyl (C=O) groups is 2. The smallest absolute Gasteiger partial charge is 0.410 e. The Labute approximate surface area is 171 Å². The lowest BCUT2D eigenvalue weighted by Crippen LogP contribution is -2.38. The molecule has 0 radical (unpaired) electrons. The van der Waals surface area contributed by atoms with Crippen molar-refractivity contribution in [2.75, 3.05) is 20.3 Å². The summed E-state index contributed by atoms with van der Waals surface area (Å²) < 4.78 is 10.1. The summed E-state index contributed by atoms with van der Waals surface area (Å²) in [7, 11) is 1.38. The van der Waals surface area contributed by atoms with E-state index in [1.807, 2.05) is 53.5 Å². The van der Waals surface area contributed by atoms with Gasteiger partial charge in [-0.05, 0) is 29.9 Å². The van der Waals surface area contributed by atoms with Crippen LogP contribution in [0.4, 0.5) is 4.79 Å². The Bertz CT molecular complexity index is 819. The topological polar surface area (TPSA) is 55.8 Å². The second-order valence-corrected chi connectivity index (χ2v) is 7.23. The largest absolute Gasteiger partial charge is 0.469 e. The summed E-state index contributed by atoms with van der Waals surface area (Å²) in [5.41, 5.74) is 2.37. The Balaban J connectivity index is 1.71. The molecule has 0 bridgehead atoms. The maximum absolute atomic E-state index is 12.4. The molecule has 1 heterocycles. The zero-order valence-corrected chi connectivity index (χ0v) is 16.7. The van der Waals surface area contributed by atoms with Crippen molar-refractivity contribution >= 4 is 12.1 Å². The van der Waals surface area contributed by atoms with Gasteiger partial charge in [-0.3, -0.25) is 4.79 Å². The summed E-state index contributed by atoms with van der Waals surface area (Å²) in [6.07, 6.45) is 5.32. The molecule has 3 rings (SSSR count). The zero-order chi connectivity index (χ0) is 20.5. The molecule has 2 aromatic carbocycles. The highest BCUT2D eigenvalue weighted by Gasteiger charge is 2.34. The maximum Gasteiger partial charge on any atom is 0.410 e. The first-order valence-electron chi connectivity index (χ1n) is 9.90. The van der Waals surface area contributed by atoms with Gasteiger partial charge >= 0.3 is 12.1 Å². The Morgan fingerprint density at radius 2 is 1.79 bits per heavy atom. The SMILES string of the molecule is COC(=O)C/C=C/C(Cc1ccccc1)CN1C(=O)OCC1Cc1ccccc1. The summed E-state index contributed by atoms with van der Waals surface area (Å²) in [5.74, 6) is -0.201. The van der Waals surface area contributed by atoms with E-state index in [9.17, 15) is 9.59 Å². The van der Waals surface area contributed by atoms with E-state index in [2.05, 4.69) is 24.3 Å². The van der Waals surface area contributed by atoms with E-state index in [1.165, 1.54) is 18.2 Å². The minimum Gasteiger partial charge on any atom is -0.469 e. The van der Waals surface area contributed by atoms with Gasteiger partial charge in [0.1, 0.15) is 6.61 Å². The van der Waals surface area contributed by atoms with Crippen LogP contribution < -0.4 is 0 Å². The van der Waals surface area contributed by atoms with Gasteiger partial charge in [-0.15, -0.1) is 0 Å². The second-order valence-electron chi connectivity index (χ2n) is 7.23. The number of hydrogen-bond acceptors (Lipinski definition) is 4. The lowest BCUT2D eigenvalue weighted by Gasteiger charge is -2.25. The number of rotatable bonds is 9. The van der Waals surface area contributed by atoms with E-state index >= 15 is 0 Å². The third-order valence-corrected chi connectivity index (χ3v) is 5.08. The van der Waals surface area contributed by atoms with Crippen LogP contribution in [0.2, 0.25) is 0 Å². The normalized spacial score (nSPS) is 17.3. The van der Waals surface area contributed by atoms with Gasteiger partial charge < -0.3 is 14.4 Å². The van der Waals surface area contributed by atoms with Gasteiger partial charge in [0.05, 0.1) is 19.6 Å². The van der Waals surface area contributed by atoms with Gasteiger partial charge in [-0.1, -0.05) is 72.8 Å². The zero-order valence-electron chi connectivity index (χ0n) is 16.7. The molecule has 5 heteroatoms. The third kappa shape index (κ3) is 6.21. The Morgan fingerprint density at radius 1 is 1.14 bits per heavy atom.